The van der Waals surface area contributed by atoms with E-state index in [1.54, 1.807) is 0 Å². The first-order valence-corrected chi connectivity index (χ1v) is 12.9. The van der Waals surface area contributed by atoms with Crippen molar-refractivity contribution in [3.8, 4) is 17.3 Å². The van der Waals surface area contributed by atoms with Crippen LogP contribution in [-0.2, 0) is 11.2 Å². The Labute approximate surface area is 219 Å². The van der Waals surface area contributed by atoms with E-state index >= 15 is 0 Å². The van der Waals surface area contributed by atoms with Gasteiger partial charge in [-0.3, -0.25) is 4.57 Å². The molecule has 3 heterocycles. The summed E-state index contributed by atoms with van der Waals surface area (Å²) in [7, 11) is 0. The maximum Gasteiger partial charge on any atom is 0.217 e. The molecule has 5 nitrogen and oxygen atoms in total. The quantitative estimate of drug-likeness (QED) is 0.257. The van der Waals surface area contributed by atoms with Crippen molar-refractivity contribution >= 4 is 27.7 Å². The van der Waals surface area contributed by atoms with Crippen LogP contribution in [0.4, 0.5) is 0 Å². The molecule has 8 rings (SSSR count). The first-order valence-electron chi connectivity index (χ1n) is 12.9. The van der Waals surface area contributed by atoms with Gasteiger partial charge in [-0.05, 0) is 59.7 Å². The second-order valence-electron chi connectivity index (χ2n) is 9.79. The Morgan fingerprint density at radius 3 is 2.53 bits per heavy atom. The molecule has 0 unspecified atom stereocenters. The fourth-order valence-corrected chi connectivity index (χ4v) is 5.81. The molecule has 0 spiro atoms. The highest BCUT2D eigenvalue weighted by Gasteiger charge is 2.39. The summed E-state index contributed by atoms with van der Waals surface area (Å²) >= 11 is 0. The predicted molar refractivity (Wildman–Crippen MR) is 149 cm³/mol. The minimum atomic E-state index is 0.0710. The predicted octanol–water partition coefficient (Wildman–Crippen LogP) is 7.41. The lowest BCUT2D eigenvalue weighted by Crippen LogP contribution is -2.13. The van der Waals surface area contributed by atoms with Gasteiger partial charge in [-0.15, -0.1) is 0 Å². The summed E-state index contributed by atoms with van der Waals surface area (Å²) < 4.78 is 14.9. The van der Waals surface area contributed by atoms with Crippen LogP contribution in [-0.4, -0.2) is 21.6 Å². The van der Waals surface area contributed by atoms with E-state index < -0.39 is 0 Å². The molecule has 2 aliphatic rings. The van der Waals surface area contributed by atoms with Crippen molar-refractivity contribution in [2.24, 2.45) is 4.99 Å². The van der Waals surface area contributed by atoms with Crippen molar-refractivity contribution in [3.05, 3.63) is 132 Å². The molecule has 0 N–H and O–H groups in total. The zero-order valence-electron chi connectivity index (χ0n) is 20.5. The van der Waals surface area contributed by atoms with Crippen LogP contribution in [0.25, 0.3) is 27.6 Å². The number of nitrogens with zero attached hydrogens (tertiary/aromatic N) is 3. The molecule has 6 aromatic rings. The SMILES string of the molecule is c1ccc(-n2c3ccccc3c3ccc(Oc4cccc(C5=N[C@H]6c7ccccc7C[C@H]6O5)c4)cc32)nc1. The Balaban J connectivity index is 1.15. The summed E-state index contributed by atoms with van der Waals surface area (Å²) in [5.41, 5.74) is 5.70. The van der Waals surface area contributed by atoms with Gasteiger partial charge in [-0.1, -0.05) is 54.6 Å². The Morgan fingerprint density at radius 2 is 1.58 bits per heavy atom. The van der Waals surface area contributed by atoms with Crippen LogP contribution in [0.3, 0.4) is 0 Å². The summed E-state index contributed by atoms with van der Waals surface area (Å²) in [6, 6.07) is 37.2. The fourth-order valence-electron chi connectivity index (χ4n) is 5.81. The molecule has 4 aromatic carbocycles. The number of pyridine rings is 1. The molecule has 1 aliphatic heterocycles. The maximum atomic E-state index is 6.38. The normalized spacial score (nSPS) is 17.7. The van der Waals surface area contributed by atoms with Crippen molar-refractivity contribution in [2.45, 2.75) is 18.6 Å². The smallest absolute Gasteiger partial charge is 0.217 e. The third-order valence-electron chi connectivity index (χ3n) is 7.51. The first kappa shape index (κ1) is 21.2. The standard InChI is InChI=1S/C33H23N3O2/c1-2-11-25-21(8-1)19-30-32(25)35-33(38-30)22-9-7-10-23(18-22)37-24-15-16-27-26-12-3-4-13-28(26)36(29(27)20-24)31-14-5-6-17-34-31/h1-18,20,30,32H,19H2/t30-,32+/m1/s1. The van der Waals surface area contributed by atoms with Gasteiger partial charge < -0.3 is 9.47 Å². The third kappa shape index (κ3) is 3.32. The summed E-state index contributed by atoms with van der Waals surface area (Å²) in [5, 5.41) is 2.35. The fraction of sp³-hybridized carbons (Fsp3) is 0.0909. The lowest BCUT2D eigenvalue weighted by atomic mass is 10.1. The molecule has 2 aromatic heterocycles. The van der Waals surface area contributed by atoms with Gasteiger partial charge in [0, 0.05) is 35.0 Å². The molecule has 0 radical (unpaired) electrons. The van der Waals surface area contributed by atoms with Crippen molar-refractivity contribution in [1.82, 2.24) is 9.55 Å². The Kier molecular flexibility index (Phi) is 4.64. The average Bonchev–Trinajstić information content (AvgIpc) is 3.63. The minimum absolute atomic E-state index is 0.0710. The molecule has 38 heavy (non-hydrogen) atoms. The Bertz CT molecular complexity index is 1870. The van der Waals surface area contributed by atoms with Gasteiger partial charge in [0.25, 0.3) is 0 Å². The molecule has 0 fully saturated rings. The van der Waals surface area contributed by atoms with E-state index in [1.807, 2.05) is 54.7 Å². The molecule has 0 amide bonds. The van der Waals surface area contributed by atoms with Crippen molar-refractivity contribution < 1.29 is 9.47 Å². The number of rotatable bonds is 4. The van der Waals surface area contributed by atoms with E-state index in [0.717, 1.165) is 45.7 Å². The topological polar surface area (TPSA) is 48.6 Å². The number of hydrogen-bond donors (Lipinski definition) is 0. The maximum absolute atomic E-state index is 6.38. The second kappa shape index (κ2) is 8.32. The number of ether oxygens (including phenoxy) is 2. The van der Waals surface area contributed by atoms with Gasteiger partial charge in [-0.2, -0.15) is 0 Å². The molecule has 0 bridgehead atoms. The van der Waals surface area contributed by atoms with Crippen molar-refractivity contribution in [1.29, 1.82) is 0 Å². The van der Waals surface area contributed by atoms with E-state index in [-0.39, 0.29) is 12.1 Å². The van der Waals surface area contributed by atoms with Crippen molar-refractivity contribution in [3.63, 3.8) is 0 Å². The lowest BCUT2D eigenvalue weighted by Gasteiger charge is -2.11. The van der Waals surface area contributed by atoms with Gasteiger partial charge in [-0.25, -0.2) is 9.98 Å². The molecule has 2 atom stereocenters. The summed E-state index contributed by atoms with van der Waals surface area (Å²) in [5.74, 6) is 3.06. The zero-order chi connectivity index (χ0) is 25.1. The Morgan fingerprint density at radius 1 is 0.737 bits per heavy atom. The van der Waals surface area contributed by atoms with Gasteiger partial charge in [0.15, 0.2) is 0 Å². The van der Waals surface area contributed by atoms with E-state index in [2.05, 4.69) is 70.2 Å². The van der Waals surface area contributed by atoms with Crippen molar-refractivity contribution in [2.75, 3.05) is 0 Å². The molecule has 1 aliphatic carbocycles. The minimum Gasteiger partial charge on any atom is -0.471 e. The number of aliphatic imine (C=N–C) groups is 1. The number of aromatic nitrogens is 2. The highest BCUT2D eigenvalue weighted by Crippen LogP contribution is 2.41. The Hall–Kier alpha value is -4.90. The van der Waals surface area contributed by atoms with E-state index in [4.69, 9.17) is 14.5 Å². The number of hydrogen-bond acceptors (Lipinski definition) is 4. The van der Waals surface area contributed by atoms with Crippen LogP contribution in [0.15, 0.2) is 120 Å². The second-order valence-corrected chi connectivity index (χ2v) is 9.79. The molecular formula is C33H23N3O2. The third-order valence-corrected chi connectivity index (χ3v) is 7.51. The van der Waals surface area contributed by atoms with Gasteiger partial charge in [0.05, 0.1) is 11.0 Å². The van der Waals surface area contributed by atoms with E-state index in [1.165, 1.54) is 16.5 Å². The molecular weight excluding hydrogens is 470 g/mol. The van der Waals surface area contributed by atoms with Gasteiger partial charge in [0.1, 0.15) is 29.5 Å². The van der Waals surface area contributed by atoms with E-state index in [9.17, 15) is 0 Å². The average molecular weight is 494 g/mol. The highest BCUT2D eigenvalue weighted by atomic mass is 16.5. The zero-order valence-corrected chi connectivity index (χ0v) is 20.5. The van der Waals surface area contributed by atoms with Crippen LogP contribution in [0.2, 0.25) is 0 Å². The molecule has 5 heteroatoms. The molecule has 0 saturated carbocycles. The lowest BCUT2D eigenvalue weighted by molar-refractivity contribution is 0.206. The van der Waals surface area contributed by atoms with E-state index in [0.29, 0.717) is 5.90 Å². The first-order chi connectivity index (χ1) is 18.8. The highest BCUT2D eigenvalue weighted by molar-refractivity contribution is 6.09. The van der Waals surface area contributed by atoms with Crippen LogP contribution in [0, 0.1) is 0 Å². The van der Waals surface area contributed by atoms with Gasteiger partial charge in [0.2, 0.25) is 5.90 Å². The molecule has 0 saturated heterocycles. The van der Waals surface area contributed by atoms with Gasteiger partial charge >= 0.3 is 0 Å². The van der Waals surface area contributed by atoms with Crippen LogP contribution in [0.5, 0.6) is 11.5 Å². The number of fused-ring (bicyclic) bond motifs is 6. The van der Waals surface area contributed by atoms with Crippen LogP contribution in [0.1, 0.15) is 22.7 Å². The number of para-hydroxylation sites is 1. The van der Waals surface area contributed by atoms with Crippen LogP contribution >= 0.6 is 0 Å². The molecule has 182 valence electrons. The summed E-state index contributed by atoms with van der Waals surface area (Å²) in [6.45, 7) is 0. The van der Waals surface area contributed by atoms with Crippen LogP contribution < -0.4 is 4.74 Å². The monoisotopic (exact) mass is 493 g/mol. The summed E-state index contributed by atoms with van der Waals surface area (Å²) in [6.07, 6.45) is 2.79. The number of benzene rings is 4. The largest absolute Gasteiger partial charge is 0.471 e. The summed E-state index contributed by atoms with van der Waals surface area (Å²) in [4.78, 5) is 9.57.